The van der Waals surface area contributed by atoms with E-state index in [1.165, 1.54) is 0 Å². The van der Waals surface area contributed by atoms with E-state index in [-0.39, 0.29) is 0 Å². The molecule has 0 spiro atoms. The molecule has 1 heterocycles. The average molecular weight is 212 g/mol. The van der Waals surface area contributed by atoms with Crippen LogP contribution in [0.5, 0.6) is 0 Å². The summed E-state index contributed by atoms with van der Waals surface area (Å²) in [4.78, 5) is 0. The van der Waals surface area contributed by atoms with Gasteiger partial charge in [0.25, 0.3) is 0 Å². The van der Waals surface area contributed by atoms with Crippen LogP contribution in [0.3, 0.4) is 0 Å². The van der Waals surface area contributed by atoms with Crippen LogP contribution < -0.4 is 5.32 Å². The number of hydrogen-bond acceptors (Lipinski definition) is 3. The van der Waals surface area contributed by atoms with Gasteiger partial charge in [-0.1, -0.05) is 6.07 Å². The van der Waals surface area contributed by atoms with Crippen LogP contribution in [0.4, 0.5) is 5.69 Å². The zero-order valence-electron chi connectivity index (χ0n) is 9.01. The molecule has 16 heavy (non-hydrogen) atoms. The molecule has 0 fully saturated rings. The van der Waals surface area contributed by atoms with Crippen molar-refractivity contribution in [2.75, 3.05) is 5.32 Å². The number of aromatic nitrogens is 2. The van der Waals surface area contributed by atoms with Crippen molar-refractivity contribution in [3.05, 3.63) is 47.8 Å². The molecule has 2 aromatic rings. The monoisotopic (exact) mass is 212 g/mol. The standard InChI is InChI=1S/C12H12N4/c1-16-6-5-12(15-16)9-14-11-4-2-3-10(7-11)8-13/h2-7,14H,9H2,1H3. The van der Waals surface area contributed by atoms with Gasteiger partial charge in [0.2, 0.25) is 0 Å². The van der Waals surface area contributed by atoms with Crippen molar-refractivity contribution in [1.82, 2.24) is 9.78 Å². The fourth-order valence-electron chi connectivity index (χ4n) is 1.45. The zero-order chi connectivity index (χ0) is 11.4. The molecule has 1 aromatic heterocycles. The Balaban J connectivity index is 2.02. The van der Waals surface area contributed by atoms with Gasteiger partial charge in [-0.05, 0) is 24.3 Å². The molecular formula is C12H12N4. The maximum absolute atomic E-state index is 8.76. The van der Waals surface area contributed by atoms with E-state index in [1.807, 2.05) is 37.5 Å². The highest BCUT2D eigenvalue weighted by molar-refractivity contribution is 5.49. The van der Waals surface area contributed by atoms with Crippen molar-refractivity contribution in [2.45, 2.75) is 6.54 Å². The molecule has 0 bridgehead atoms. The molecule has 0 amide bonds. The van der Waals surface area contributed by atoms with E-state index < -0.39 is 0 Å². The Kier molecular flexibility index (Phi) is 2.88. The van der Waals surface area contributed by atoms with Crippen molar-refractivity contribution >= 4 is 5.69 Å². The second kappa shape index (κ2) is 4.49. The molecule has 0 aliphatic heterocycles. The quantitative estimate of drug-likeness (QED) is 0.845. The van der Waals surface area contributed by atoms with E-state index in [0.717, 1.165) is 11.4 Å². The van der Waals surface area contributed by atoms with Gasteiger partial charge < -0.3 is 5.32 Å². The maximum Gasteiger partial charge on any atom is 0.0992 e. The Morgan fingerprint density at radius 3 is 3.00 bits per heavy atom. The lowest BCUT2D eigenvalue weighted by atomic mass is 10.2. The zero-order valence-corrected chi connectivity index (χ0v) is 9.01. The second-order valence-corrected chi connectivity index (χ2v) is 3.53. The summed E-state index contributed by atoms with van der Waals surface area (Å²) in [5.41, 5.74) is 2.57. The van der Waals surface area contributed by atoms with Crippen LogP contribution in [-0.4, -0.2) is 9.78 Å². The molecule has 0 aliphatic carbocycles. The van der Waals surface area contributed by atoms with Crippen LogP contribution >= 0.6 is 0 Å². The Morgan fingerprint density at radius 1 is 1.44 bits per heavy atom. The summed E-state index contributed by atoms with van der Waals surface area (Å²) in [6, 6.07) is 11.5. The van der Waals surface area contributed by atoms with E-state index in [0.29, 0.717) is 12.1 Å². The van der Waals surface area contributed by atoms with E-state index in [9.17, 15) is 0 Å². The molecule has 1 N–H and O–H groups in total. The molecular weight excluding hydrogens is 200 g/mol. The minimum Gasteiger partial charge on any atom is -0.379 e. The first-order valence-corrected chi connectivity index (χ1v) is 5.00. The maximum atomic E-state index is 8.76. The molecule has 4 heteroatoms. The third-order valence-electron chi connectivity index (χ3n) is 2.23. The summed E-state index contributed by atoms with van der Waals surface area (Å²) in [5, 5.41) is 16.2. The van der Waals surface area contributed by atoms with Gasteiger partial charge in [0.1, 0.15) is 0 Å². The van der Waals surface area contributed by atoms with Crippen LogP contribution in [-0.2, 0) is 13.6 Å². The molecule has 2 rings (SSSR count). The fourth-order valence-corrected chi connectivity index (χ4v) is 1.45. The number of rotatable bonds is 3. The molecule has 0 radical (unpaired) electrons. The van der Waals surface area contributed by atoms with Crippen molar-refractivity contribution in [2.24, 2.45) is 7.05 Å². The van der Waals surface area contributed by atoms with Gasteiger partial charge in [0, 0.05) is 18.9 Å². The van der Waals surface area contributed by atoms with Crippen LogP contribution in [0.25, 0.3) is 0 Å². The first-order chi connectivity index (χ1) is 7.78. The lowest BCUT2D eigenvalue weighted by Crippen LogP contribution is -2.01. The number of hydrogen-bond donors (Lipinski definition) is 1. The number of anilines is 1. The highest BCUT2D eigenvalue weighted by Crippen LogP contribution is 2.10. The van der Waals surface area contributed by atoms with E-state index in [2.05, 4.69) is 16.5 Å². The predicted octanol–water partition coefficient (Wildman–Crippen LogP) is 1.90. The minimum absolute atomic E-state index is 0.658. The third kappa shape index (κ3) is 2.39. The Hall–Kier alpha value is -2.28. The number of nitrogens with one attached hydrogen (secondary N) is 1. The van der Waals surface area contributed by atoms with E-state index >= 15 is 0 Å². The predicted molar refractivity (Wildman–Crippen MR) is 61.7 cm³/mol. The van der Waals surface area contributed by atoms with Gasteiger partial charge in [-0.2, -0.15) is 10.4 Å². The van der Waals surface area contributed by atoms with Crippen molar-refractivity contribution in [3.63, 3.8) is 0 Å². The molecule has 0 aliphatic rings. The lowest BCUT2D eigenvalue weighted by Gasteiger charge is -2.03. The van der Waals surface area contributed by atoms with Crippen LogP contribution in [0.1, 0.15) is 11.3 Å². The highest BCUT2D eigenvalue weighted by Gasteiger charge is 1.97. The molecule has 0 saturated heterocycles. The number of nitrogens with zero attached hydrogens (tertiary/aromatic N) is 3. The van der Waals surface area contributed by atoms with Gasteiger partial charge in [-0.3, -0.25) is 4.68 Å². The SMILES string of the molecule is Cn1ccc(CNc2cccc(C#N)c2)n1. The summed E-state index contributed by atoms with van der Waals surface area (Å²) < 4.78 is 1.77. The van der Waals surface area contributed by atoms with E-state index in [4.69, 9.17) is 5.26 Å². The van der Waals surface area contributed by atoms with Gasteiger partial charge in [0.05, 0.1) is 23.9 Å². The Morgan fingerprint density at radius 2 is 2.31 bits per heavy atom. The summed E-state index contributed by atoms with van der Waals surface area (Å²) in [6.07, 6.45) is 1.91. The third-order valence-corrected chi connectivity index (χ3v) is 2.23. The van der Waals surface area contributed by atoms with Crippen molar-refractivity contribution in [1.29, 1.82) is 5.26 Å². The molecule has 80 valence electrons. The van der Waals surface area contributed by atoms with E-state index in [1.54, 1.807) is 10.7 Å². The first-order valence-electron chi connectivity index (χ1n) is 5.00. The highest BCUT2D eigenvalue weighted by atomic mass is 15.3. The number of aryl methyl sites for hydroxylation is 1. The topological polar surface area (TPSA) is 53.6 Å². The second-order valence-electron chi connectivity index (χ2n) is 3.53. The summed E-state index contributed by atoms with van der Waals surface area (Å²) in [7, 11) is 1.89. The molecule has 0 atom stereocenters. The van der Waals surface area contributed by atoms with Crippen LogP contribution in [0, 0.1) is 11.3 Å². The van der Waals surface area contributed by atoms with Gasteiger partial charge >= 0.3 is 0 Å². The molecule has 1 aromatic carbocycles. The minimum atomic E-state index is 0.658. The largest absolute Gasteiger partial charge is 0.379 e. The molecule has 0 saturated carbocycles. The summed E-state index contributed by atoms with van der Waals surface area (Å²) in [5.74, 6) is 0. The normalized spacial score (nSPS) is 9.75. The van der Waals surface area contributed by atoms with Crippen molar-refractivity contribution < 1.29 is 0 Å². The molecule has 4 nitrogen and oxygen atoms in total. The smallest absolute Gasteiger partial charge is 0.0992 e. The lowest BCUT2D eigenvalue weighted by molar-refractivity contribution is 0.747. The summed E-state index contributed by atoms with van der Waals surface area (Å²) in [6.45, 7) is 0.662. The summed E-state index contributed by atoms with van der Waals surface area (Å²) >= 11 is 0. The van der Waals surface area contributed by atoms with Crippen LogP contribution in [0.15, 0.2) is 36.5 Å². The van der Waals surface area contributed by atoms with Gasteiger partial charge in [-0.15, -0.1) is 0 Å². The number of benzene rings is 1. The first kappa shape index (κ1) is 10.2. The van der Waals surface area contributed by atoms with Crippen LogP contribution in [0.2, 0.25) is 0 Å². The Labute approximate surface area is 94.1 Å². The average Bonchev–Trinajstić information content (AvgIpc) is 2.73. The van der Waals surface area contributed by atoms with Crippen molar-refractivity contribution in [3.8, 4) is 6.07 Å². The van der Waals surface area contributed by atoms with Gasteiger partial charge in [0.15, 0.2) is 0 Å². The van der Waals surface area contributed by atoms with Gasteiger partial charge in [-0.25, -0.2) is 0 Å². The fraction of sp³-hybridized carbons (Fsp3) is 0.167. The number of nitriles is 1. The Bertz CT molecular complexity index is 522. The molecule has 0 unspecified atom stereocenters.